The number of carbonyl (C=O) groups is 1. The van der Waals surface area contributed by atoms with Gasteiger partial charge in [0.25, 0.3) is 5.56 Å². The van der Waals surface area contributed by atoms with Crippen molar-refractivity contribution >= 4 is 27.8 Å². The van der Waals surface area contributed by atoms with Crippen molar-refractivity contribution in [3.63, 3.8) is 0 Å². The molecule has 7 heteroatoms. The minimum atomic E-state index is -1.03. The smallest absolute Gasteiger partial charge is 0.317 e. The Bertz CT molecular complexity index is 1240. The third-order valence-electron chi connectivity index (χ3n) is 4.88. The van der Waals surface area contributed by atoms with Gasteiger partial charge in [0.1, 0.15) is 10.8 Å². The largest absolute Gasteiger partial charge is 0.468 e. The van der Waals surface area contributed by atoms with E-state index in [-0.39, 0.29) is 17.4 Å². The first-order valence-electron chi connectivity index (χ1n) is 8.49. The van der Waals surface area contributed by atoms with Crippen LogP contribution < -0.4 is 11.0 Å². The maximum atomic E-state index is 13.0. The normalized spacial score (nSPS) is 18.9. The molecule has 1 unspecified atom stereocenters. The van der Waals surface area contributed by atoms with Crippen LogP contribution in [-0.4, -0.2) is 27.8 Å². The highest BCUT2D eigenvalue weighted by Crippen LogP contribution is 2.31. The number of fused-ring (bicyclic) bond motifs is 2. The molecule has 0 spiro atoms. The number of nitrogens with one attached hydrogen (secondary N) is 1. The second kappa shape index (κ2) is 6.35. The van der Waals surface area contributed by atoms with Gasteiger partial charge in [0.15, 0.2) is 0 Å². The van der Waals surface area contributed by atoms with E-state index in [0.29, 0.717) is 22.8 Å². The number of H-pyrrole nitrogens is 1. The number of allylic oxidation sites excluding steroid dienone is 3. The van der Waals surface area contributed by atoms with Crippen LogP contribution in [0.4, 0.5) is 0 Å². The standard InChI is InChI=1S/C20H17N3O4/c1-27-19(26)20(9-5-2-6-10-20)12-23-18(25)16-15(11-21-23)22-14-8-4-3-7-13(14)17(16)24/h2-9,11H,10,12H2,1H3,(H,22,24). The van der Waals surface area contributed by atoms with Crippen LogP contribution in [0.5, 0.6) is 0 Å². The first-order valence-corrected chi connectivity index (χ1v) is 8.49. The summed E-state index contributed by atoms with van der Waals surface area (Å²) in [5.74, 6) is -0.454. The van der Waals surface area contributed by atoms with Gasteiger partial charge in [0.05, 0.1) is 25.4 Å². The number of pyridine rings is 1. The molecule has 2 aromatic heterocycles. The fourth-order valence-corrected chi connectivity index (χ4v) is 3.45. The van der Waals surface area contributed by atoms with Crippen LogP contribution in [0, 0.1) is 5.41 Å². The summed E-state index contributed by atoms with van der Waals surface area (Å²) in [6, 6.07) is 6.99. The molecule has 7 nitrogen and oxygen atoms in total. The summed E-state index contributed by atoms with van der Waals surface area (Å²) in [5.41, 5.74) is -0.915. The number of hydrogen-bond acceptors (Lipinski definition) is 5. The van der Waals surface area contributed by atoms with Crippen molar-refractivity contribution in [1.82, 2.24) is 14.8 Å². The van der Waals surface area contributed by atoms with E-state index in [0.717, 1.165) is 4.68 Å². The molecule has 0 aliphatic heterocycles. The number of benzene rings is 1. The first kappa shape index (κ1) is 17.0. The number of para-hydroxylation sites is 1. The van der Waals surface area contributed by atoms with E-state index in [1.54, 1.807) is 30.4 Å². The molecule has 136 valence electrons. The highest BCUT2D eigenvalue weighted by molar-refractivity contribution is 5.91. The molecule has 2 heterocycles. The van der Waals surface area contributed by atoms with Crippen molar-refractivity contribution in [2.24, 2.45) is 5.41 Å². The van der Waals surface area contributed by atoms with Gasteiger partial charge in [-0.3, -0.25) is 14.4 Å². The van der Waals surface area contributed by atoms with Gasteiger partial charge in [-0.05, 0) is 18.6 Å². The zero-order valence-electron chi connectivity index (χ0n) is 14.6. The SMILES string of the molecule is COC(=O)C1(Cn2ncc3[nH]c4ccccc4c(=O)c3c2=O)C=CC=CC1. The Hall–Kier alpha value is -3.48. The van der Waals surface area contributed by atoms with Gasteiger partial charge in [-0.15, -0.1) is 0 Å². The summed E-state index contributed by atoms with van der Waals surface area (Å²) in [4.78, 5) is 41.3. The third kappa shape index (κ3) is 2.68. The highest BCUT2D eigenvalue weighted by Gasteiger charge is 2.38. The Morgan fingerprint density at radius 2 is 2.07 bits per heavy atom. The lowest BCUT2D eigenvalue weighted by Crippen LogP contribution is -2.40. The summed E-state index contributed by atoms with van der Waals surface area (Å²) in [6.45, 7) is -0.0123. The Labute approximate surface area is 153 Å². The summed E-state index contributed by atoms with van der Waals surface area (Å²) >= 11 is 0. The molecule has 0 bridgehead atoms. The Balaban J connectivity index is 1.90. The van der Waals surface area contributed by atoms with Gasteiger partial charge >= 0.3 is 5.97 Å². The summed E-state index contributed by atoms with van der Waals surface area (Å²) < 4.78 is 6.10. The predicted molar refractivity (Wildman–Crippen MR) is 101 cm³/mol. The van der Waals surface area contributed by atoms with Crippen LogP contribution in [0.15, 0.2) is 64.4 Å². The van der Waals surface area contributed by atoms with Gasteiger partial charge in [0.2, 0.25) is 5.43 Å². The van der Waals surface area contributed by atoms with Crippen LogP contribution >= 0.6 is 0 Å². The number of methoxy groups -OCH3 is 1. The molecule has 0 amide bonds. The molecule has 27 heavy (non-hydrogen) atoms. The van der Waals surface area contributed by atoms with Crippen LogP contribution in [0.3, 0.4) is 0 Å². The zero-order valence-corrected chi connectivity index (χ0v) is 14.6. The van der Waals surface area contributed by atoms with Crippen molar-refractivity contribution in [3.05, 3.63) is 75.3 Å². The number of ether oxygens (including phenoxy) is 1. The lowest BCUT2D eigenvalue weighted by atomic mass is 9.81. The number of rotatable bonds is 3. The number of aromatic amines is 1. The topological polar surface area (TPSA) is 94.1 Å². The Kier molecular flexibility index (Phi) is 3.99. The van der Waals surface area contributed by atoms with Crippen molar-refractivity contribution in [3.8, 4) is 0 Å². The number of carbonyl (C=O) groups excluding carboxylic acids is 1. The fourth-order valence-electron chi connectivity index (χ4n) is 3.45. The molecule has 3 aromatic rings. The highest BCUT2D eigenvalue weighted by atomic mass is 16.5. The van der Waals surface area contributed by atoms with Crippen LogP contribution in [-0.2, 0) is 16.1 Å². The number of esters is 1. The van der Waals surface area contributed by atoms with Crippen LogP contribution in [0.1, 0.15) is 6.42 Å². The van der Waals surface area contributed by atoms with Gasteiger partial charge in [0, 0.05) is 10.9 Å². The second-order valence-corrected chi connectivity index (χ2v) is 6.53. The maximum absolute atomic E-state index is 13.0. The van der Waals surface area contributed by atoms with E-state index in [9.17, 15) is 14.4 Å². The lowest BCUT2D eigenvalue weighted by Gasteiger charge is -2.28. The second-order valence-electron chi connectivity index (χ2n) is 6.53. The molecule has 0 saturated heterocycles. The van der Waals surface area contributed by atoms with Gasteiger partial charge < -0.3 is 9.72 Å². The predicted octanol–water partition coefficient (Wildman–Crippen LogP) is 1.91. The van der Waals surface area contributed by atoms with Gasteiger partial charge in [-0.2, -0.15) is 5.10 Å². The van der Waals surface area contributed by atoms with E-state index in [1.165, 1.54) is 13.3 Å². The average molecular weight is 363 g/mol. The first-order chi connectivity index (χ1) is 13.1. The Morgan fingerprint density at radius 1 is 1.26 bits per heavy atom. The fraction of sp³-hybridized carbons (Fsp3) is 0.200. The molecule has 0 saturated carbocycles. The molecule has 0 fully saturated rings. The molecular weight excluding hydrogens is 346 g/mol. The number of hydrogen-bond donors (Lipinski definition) is 1. The monoisotopic (exact) mass is 363 g/mol. The van der Waals surface area contributed by atoms with Crippen molar-refractivity contribution < 1.29 is 9.53 Å². The van der Waals surface area contributed by atoms with Crippen LogP contribution in [0.2, 0.25) is 0 Å². The molecule has 0 radical (unpaired) electrons. The summed E-state index contributed by atoms with van der Waals surface area (Å²) in [6.07, 6.45) is 8.95. The summed E-state index contributed by atoms with van der Waals surface area (Å²) in [7, 11) is 1.31. The van der Waals surface area contributed by atoms with Crippen molar-refractivity contribution in [2.75, 3.05) is 7.11 Å². The van der Waals surface area contributed by atoms with Crippen LogP contribution in [0.25, 0.3) is 21.8 Å². The van der Waals surface area contributed by atoms with Crippen molar-refractivity contribution in [2.45, 2.75) is 13.0 Å². The molecular formula is C20H17N3O4. The van der Waals surface area contributed by atoms with E-state index in [1.807, 2.05) is 18.2 Å². The van der Waals surface area contributed by atoms with Gasteiger partial charge in [-0.25, -0.2) is 4.68 Å². The number of nitrogens with zero attached hydrogens (tertiary/aromatic N) is 2. The maximum Gasteiger partial charge on any atom is 0.317 e. The molecule has 4 rings (SSSR count). The average Bonchev–Trinajstić information content (AvgIpc) is 2.70. The molecule has 1 aromatic carbocycles. The summed E-state index contributed by atoms with van der Waals surface area (Å²) in [5, 5.41) is 4.64. The van der Waals surface area contributed by atoms with E-state index >= 15 is 0 Å². The molecule has 1 aliphatic rings. The Morgan fingerprint density at radius 3 is 2.81 bits per heavy atom. The van der Waals surface area contributed by atoms with Crippen molar-refractivity contribution in [1.29, 1.82) is 0 Å². The lowest BCUT2D eigenvalue weighted by molar-refractivity contribution is -0.150. The number of aromatic nitrogens is 3. The molecule has 1 N–H and O–H groups in total. The van der Waals surface area contributed by atoms with E-state index in [4.69, 9.17) is 4.74 Å². The van der Waals surface area contributed by atoms with E-state index < -0.39 is 16.9 Å². The minimum Gasteiger partial charge on any atom is -0.468 e. The van der Waals surface area contributed by atoms with Gasteiger partial charge in [-0.1, -0.05) is 36.4 Å². The third-order valence-corrected chi connectivity index (χ3v) is 4.88. The zero-order chi connectivity index (χ0) is 19.0. The molecule has 1 atom stereocenters. The van der Waals surface area contributed by atoms with E-state index in [2.05, 4.69) is 10.1 Å². The molecule has 1 aliphatic carbocycles. The quantitative estimate of drug-likeness (QED) is 0.567. The minimum absolute atomic E-state index is 0.0123.